The molecule has 0 spiro atoms. The molecule has 1 aromatic heterocycles. The fourth-order valence-electron chi connectivity index (χ4n) is 1.30. The van der Waals surface area contributed by atoms with Gasteiger partial charge in [0.1, 0.15) is 11.2 Å². The van der Waals surface area contributed by atoms with Gasteiger partial charge in [-0.05, 0) is 18.2 Å². The van der Waals surface area contributed by atoms with Crippen LogP contribution in [-0.4, -0.2) is 19.5 Å². The highest BCUT2D eigenvalue weighted by Gasteiger charge is 2.16. The number of carbonyl (C=O) groups is 1. The monoisotopic (exact) mass is 320 g/mol. The van der Waals surface area contributed by atoms with Crippen molar-refractivity contribution in [2.24, 2.45) is 0 Å². The van der Waals surface area contributed by atoms with Gasteiger partial charge in [-0.3, -0.25) is 4.79 Å². The van der Waals surface area contributed by atoms with E-state index in [0.29, 0.717) is 5.69 Å². The molecule has 0 atom stereocenters. The van der Waals surface area contributed by atoms with Gasteiger partial charge >= 0.3 is 0 Å². The molecule has 9 heteroatoms. The zero-order valence-corrected chi connectivity index (χ0v) is 11.5. The summed E-state index contributed by atoms with van der Waals surface area (Å²) in [5.74, 6) is -0.508. The predicted octanol–water partition coefficient (Wildman–Crippen LogP) is 2.51. The van der Waals surface area contributed by atoms with Crippen LogP contribution in [0, 0.1) is 0 Å². The van der Waals surface area contributed by atoms with Crippen LogP contribution in [0.15, 0.2) is 39.9 Å². The average molecular weight is 321 g/mol. The fourth-order valence-corrected chi connectivity index (χ4v) is 2.83. The molecule has 0 saturated carbocycles. The van der Waals surface area contributed by atoms with Crippen LogP contribution in [0.2, 0.25) is 5.02 Å². The van der Waals surface area contributed by atoms with Crippen molar-refractivity contribution in [3.05, 3.63) is 41.2 Å². The Labute approximate surface area is 117 Å². The molecule has 1 heterocycles. The summed E-state index contributed by atoms with van der Waals surface area (Å²) in [7, 11) is 1.26. The third-order valence-electron chi connectivity index (χ3n) is 2.12. The van der Waals surface area contributed by atoms with Gasteiger partial charge in [0.15, 0.2) is 5.69 Å². The zero-order valence-electron chi connectivity index (χ0n) is 9.13. The van der Waals surface area contributed by atoms with Gasteiger partial charge in [0.25, 0.3) is 15.0 Å². The van der Waals surface area contributed by atoms with E-state index in [-0.39, 0.29) is 15.6 Å². The molecule has 0 aliphatic heterocycles. The van der Waals surface area contributed by atoms with Crippen molar-refractivity contribution in [2.75, 3.05) is 5.32 Å². The lowest BCUT2D eigenvalue weighted by Gasteiger charge is -2.05. The number of benzene rings is 1. The van der Waals surface area contributed by atoms with Gasteiger partial charge in [0.2, 0.25) is 0 Å². The molecule has 2 rings (SSSR count). The number of hydrogen-bond acceptors (Lipinski definition) is 5. The van der Waals surface area contributed by atoms with Crippen molar-refractivity contribution in [2.45, 2.75) is 4.90 Å². The second-order valence-electron chi connectivity index (χ2n) is 3.42. The standard InChI is InChI=1S/C10H6Cl2N2O4S/c11-7-5-6(1-2-9(7)19(12,16)17)13-10(15)8-3-4-18-14-8/h1-5H,(H,13,15). The summed E-state index contributed by atoms with van der Waals surface area (Å²) < 4.78 is 26.8. The van der Waals surface area contributed by atoms with Crippen LogP contribution < -0.4 is 5.32 Å². The molecule has 0 aliphatic carbocycles. The number of hydrogen-bond donors (Lipinski definition) is 1. The van der Waals surface area contributed by atoms with Crippen molar-refractivity contribution in [1.82, 2.24) is 5.16 Å². The van der Waals surface area contributed by atoms with Crippen molar-refractivity contribution in [1.29, 1.82) is 0 Å². The van der Waals surface area contributed by atoms with Gasteiger partial charge in [-0.25, -0.2) is 8.42 Å². The van der Waals surface area contributed by atoms with E-state index in [1.54, 1.807) is 0 Å². The molecule has 0 aliphatic rings. The van der Waals surface area contributed by atoms with Crippen molar-refractivity contribution >= 4 is 42.9 Å². The Hall–Kier alpha value is -1.57. The molecule has 0 radical (unpaired) electrons. The Morgan fingerprint density at radius 2 is 2.05 bits per heavy atom. The summed E-state index contributed by atoms with van der Waals surface area (Å²) in [6.45, 7) is 0. The molecule has 19 heavy (non-hydrogen) atoms. The lowest BCUT2D eigenvalue weighted by atomic mass is 10.3. The van der Waals surface area contributed by atoms with Crippen molar-refractivity contribution in [3.8, 4) is 0 Å². The summed E-state index contributed by atoms with van der Waals surface area (Å²) in [6.07, 6.45) is 1.26. The van der Waals surface area contributed by atoms with Crippen LogP contribution >= 0.6 is 22.3 Å². The first-order valence-corrected chi connectivity index (χ1v) is 7.52. The van der Waals surface area contributed by atoms with E-state index in [2.05, 4.69) is 15.0 Å². The molecule has 0 fully saturated rings. The van der Waals surface area contributed by atoms with E-state index in [1.807, 2.05) is 0 Å². The Kier molecular flexibility index (Phi) is 3.79. The normalized spacial score (nSPS) is 11.3. The number of rotatable bonds is 3. The van der Waals surface area contributed by atoms with Crippen LogP contribution in [0.4, 0.5) is 5.69 Å². The van der Waals surface area contributed by atoms with Crippen LogP contribution in [0.1, 0.15) is 10.5 Å². The van der Waals surface area contributed by atoms with Crippen LogP contribution in [0.25, 0.3) is 0 Å². The van der Waals surface area contributed by atoms with Gasteiger partial charge in [-0.2, -0.15) is 0 Å². The van der Waals surface area contributed by atoms with Crippen molar-refractivity contribution in [3.63, 3.8) is 0 Å². The number of nitrogens with zero attached hydrogens (tertiary/aromatic N) is 1. The van der Waals surface area contributed by atoms with Crippen LogP contribution in [0.3, 0.4) is 0 Å². The molecule has 0 bridgehead atoms. The van der Waals surface area contributed by atoms with Gasteiger partial charge in [0, 0.05) is 22.4 Å². The van der Waals surface area contributed by atoms with E-state index in [1.165, 1.54) is 30.5 Å². The Bertz CT molecular complexity index is 713. The smallest absolute Gasteiger partial charge is 0.277 e. The minimum Gasteiger partial charge on any atom is -0.364 e. The number of nitrogens with one attached hydrogen (secondary N) is 1. The number of carbonyl (C=O) groups excluding carboxylic acids is 1. The van der Waals surface area contributed by atoms with Crippen LogP contribution in [-0.2, 0) is 9.05 Å². The van der Waals surface area contributed by atoms with E-state index in [4.69, 9.17) is 22.3 Å². The minimum atomic E-state index is -3.92. The third kappa shape index (κ3) is 3.25. The maximum Gasteiger partial charge on any atom is 0.277 e. The molecule has 1 N–H and O–H groups in total. The summed E-state index contributed by atoms with van der Waals surface area (Å²) in [6, 6.07) is 5.21. The van der Waals surface area contributed by atoms with E-state index in [0.717, 1.165) is 0 Å². The highest BCUT2D eigenvalue weighted by Crippen LogP contribution is 2.27. The molecule has 100 valence electrons. The average Bonchev–Trinajstić information content (AvgIpc) is 2.80. The van der Waals surface area contributed by atoms with Crippen molar-refractivity contribution < 1.29 is 17.7 Å². The molecule has 1 aromatic carbocycles. The lowest BCUT2D eigenvalue weighted by molar-refractivity contribution is 0.101. The molecular weight excluding hydrogens is 315 g/mol. The summed E-state index contributed by atoms with van der Waals surface area (Å²) >= 11 is 5.77. The van der Waals surface area contributed by atoms with Gasteiger partial charge in [-0.15, -0.1) is 0 Å². The quantitative estimate of drug-likeness (QED) is 0.877. The Morgan fingerprint density at radius 1 is 1.32 bits per heavy atom. The van der Waals surface area contributed by atoms with Gasteiger partial charge in [0.05, 0.1) is 5.02 Å². The highest BCUT2D eigenvalue weighted by molar-refractivity contribution is 8.13. The molecule has 0 saturated heterocycles. The number of amides is 1. The first kappa shape index (κ1) is 13.9. The molecule has 0 unspecified atom stereocenters. The SMILES string of the molecule is O=C(Nc1ccc(S(=O)(=O)Cl)c(Cl)c1)c1ccon1. The Balaban J connectivity index is 2.24. The second-order valence-corrected chi connectivity index (χ2v) is 6.36. The fraction of sp³-hybridized carbons (Fsp3) is 0. The topological polar surface area (TPSA) is 89.3 Å². The maximum absolute atomic E-state index is 11.6. The van der Waals surface area contributed by atoms with Gasteiger partial charge in [-0.1, -0.05) is 16.8 Å². The molecule has 2 aromatic rings. The summed E-state index contributed by atoms with van der Waals surface area (Å²) in [5, 5.41) is 5.84. The van der Waals surface area contributed by atoms with Gasteiger partial charge < -0.3 is 9.84 Å². The van der Waals surface area contributed by atoms with Crippen LogP contribution in [0.5, 0.6) is 0 Å². The lowest BCUT2D eigenvalue weighted by Crippen LogP contribution is -2.12. The summed E-state index contributed by atoms with van der Waals surface area (Å²) in [4.78, 5) is 11.4. The Morgan fingerprint density at radius 3 is 2.58 bits per heavy atom. The van der Waals surface area contributed by atoms with E-state index >= 15 is 0 Å². The first-order chi connectivity index (χ1) is 8.88. The maximum atomic E-state index is 11.6. The third-order valence-corrected chi connectivity index (χ3v) is 3.93. The predicted molar refractivity (Wildman–Crippen MR) is 68.9 cm³/mol. The molecular formula is C10H6Cl2N2O4S. The first-order valence-electron chi connectivity index (χ1n) is 4.84. The minimum absolute atomic E-state index is 0.0881. The zero-order chi connectivity index (χ0) is 14.0. The summed E-state index contributed by atoms with van der Waals surface area (Å²) in [5.41, 5.74) is 0.396. The largest absolute Gasteiger partial charge is 0.364 e. The second kappa shape index (κ2) is 5.20. The highest BCUT2D eigenvalue weighted by atomic mass is 35.7. The van der Waals surface area contributed by atoms with E-state index in [9.17, 15) is 13.2 Å². The number of aromatic nitrogens is 1. The molecule has 6 nitrogen and oxygen atoms in total. The molecule has 1 amide bonds. The van der Waals surface area contributed by atoms with E-state index < -0.39 is 15.0 Å². The number of halogens is 2. The number of anilines is 1.